The molecule has 0 saturated carbocycles. The molecule has 15 heteroatoms. The molecule has 2 aromatic heterocycles. The summed E-state index contributed by atoms with van der Waals surface area (Å²) in [6, 6.07) is 0. The number of carbonyl (C=O) groups is 2. The Bertz CT molecular complexity index is 1200. The van der Waals surface area contributed by atoms with E-state index in [4.69, 9.17) is 37.4 Å². The molecule has 1 aliphatic rings. The van der Waals surface area contributed by atoms with Crippen LogP contribution >= 0.6 is 37.5 Å². The van der Waals surface area contributed by atoms with Gasteiger partial charge in [-0.15, -0.1) is 0 Å². The van der Waals surface area contributed by atoms with Crippen molar-refractivity contribution in [1.82, 2.24) is 19.5 Å². The number of nitrogens with zero attached hydrogens (tertiary/aromatic N) is 4. The zero-order chi connectivity index (χ0) is 25.4. The Morgan fingerprint density at radius 2 is 1.71 bits per heavy atom. The fourth-order valence-corrected chi connectivity index (χ4v) is 11.6. The molecule has 0 N–H and O–H groups in total. The third kappa shape index (κ3) is 6.58. The van der Waals surface area contributed by atoms with Crippen LogP contribution in [-0.4, -0.2) is 81.8 Å². The molecule has 3 rings (SSSR count). The van der Waals surface area contributed by atoms with Crippen LogP contribution in [0, 0.1) is 0 Å². The van der Waals surface area contributed by atoms with E-state index in [9.17, 15) is 18.7 Å². The summed E-state index contributed by atoms with van der Waals surface area (Å²) in [4.78, 5) is 36.0. The molecule has 0 aromatic carbocycles. The highest BCUT2D eigenvalue weighted by molar-refractivity contribution is 7.79. The lowest BCUT2D eigenvalue weighted by atomic mass is 10.1. The van der Waals surface area contributed by atoms with Crippen LogP contribution in [0.5, 0.6) is 0 Å². The van der Waals surface area contributed by atoms with E-state index in [-0.39, 0.29) is 40.1 Å². The molecular formula is C19H26Cl2N4O7P2. The van der Waals surface area contributed by atoms with Crippen molar-refractivity contribution in [2.24, 2.45) is 0 Å². The number of carbonyl (C=O) groups excluding carboxylic acids is 2. The van der Waals surface area contributed by atoms with Crippen molar-refractivity contribution in [2.45, 2.75) is 44.8 Å². The number of aromatic nitrogens is 4. The molecule has 3 heterocycles. The Morgan fingerprint density at radius 3 is 2.29 bits per heavy atom. The second kappa shape index (κ2) is 10.2. The van der Waals surface area contributed by atoms with Crippen molar-refractivity contribution in [3.05, 3.63) is 16.8 Å². The fourth-order valence-electron chi connectivity index (χ4n) is 4.05. The molecular weight excluding hydrogens is 529 g/mol. The monoisotopic (exact) mass is 554 g/mol. The average molecular weight is 555 g/mol. The largest absolute Gasteiger partial charge is 0.456 e. The molecule has 1 saturated heterocycles. The van der Waals surface area contributed by atoms with Gasteiger partial charge in [-0.1, -0.05) is 11.6 Å². The lowest BCUT2D eigenvalue weighted by Crippen LogP contribution is -2.39. The Balaban J connectivity index is 1.98. The molecule has 5 atom stereocenters. The highest BCUT2D eigenvalue weighted by Crippen LogP contribution is 2.56. The molecule has 0 bridgehead atoms. The van der Waals surface area contributed by atoms with Gasteiger partial charge in [0.2, 0.25) is 5.28 Å². The zero-order valence-electron chi connectivity index (χ0n) is 19.3. The summed E-state index contributed by atoms with van der Waals surface area (Å²) < 4.78 is 43.9. The van der Waals surface area contributed by atoms with E-state index in [0.29, 0.717) is 0 Å². The second-order valence-electron chi connectivity index (χ2n) is 8.85. The first-order chi connectivity index (χ1) is 15.7. The number of imidazole rings is 1. The molecule has 1 aliphatic heterocycles. The normalized spacial score (nSPS) is 24.7. The van der Waals surface area contributed by atoms with Crippen molar-refractivity contribution in [3.63, 3.8) is 0 Å². The number of halogens is 2. The number of esters is 2. The summed E-state index contributed by atoms with van der Waals surface area (Å²) >= 11 is 12.1. The van der Waals surface area contributed by atoms with E-state index in [1.807, 2.05) is 0 Å². The Labute approximate surface area is 206 Å². The van der Waals surface area contributed by atoms with Gasteiger partial charge in [0.25, 0.3) is 0 Å². The van der Waals surface area contributed by atoms with Gasteiger partial charge in [0.15, 0.2) is 29.2 Å². The van der Waals surface area contributed by atoms with Gasteiger partial charge in [-0.3, -0.25) is 14.2 Å². The molecule has 0 spiro atoms. The SMILES string of the molecule is CC(=O)OC1[C@@H](CCP(C)(=O)CP(C)(C)=O)O[C@@H](n2cnc3c(Cl)nc(Cl)nc32)[C@H]1OC(C)=O. The van der Waals surface area contributed by atoms with Crippen LogP contribution in [-0.2, 0) is 32.9 Å². The number of hydrogen-bond acceptors (Lipinski definition) is 10. The molecule has 0 aliphatic carbocycles. The summed E-state index contributed by atoms with van der Waals surface area (Å²) in [6.45, 7) is 7.22. The van der Waals surface area contributed by atoms with Gasteiger partial charge in [0.05, 0.1) is 26.5 Å². The molecule has 11 nitrogen and oxygen atoms in total. The predicted octanol–water partition coefficient (Wildman–Crippen LogP) is 3.86. The van der Waals surface area contributed by atoms with E-state index >= 15 is 0 Å². The van der Waals surface area contributed by atoms with E-state index < -0.39 is 50.8 Å². The molecule has 188 valence electrons. The second-order valence-corrected chi connectivity index (χ2v) is 16.9. The quantitative estimate of drug-likeness (QED) is 0.204. The van der Waals surface area contributed by atoms with Crippen molar-refractivity contribution in [3.8, 4) is 0 Å². The van der Waals surface area contributed by atoms with E-state index in [1.54, 1.807) is 20.0 Å². The lowest BCUT2D eigenvalue weighted by Gasteiger charge is -2.24. The maximum Gasteiger partial charge on any atom is 0.303 e. The molecule has 2 unspecified atom stereocenters. The Hall–Kier alpha value is -1.51. The average Bonchev–Trinajstić information content (AvgIpc) is 3.20. The molecule has 34 heavy (non-hydrogen) atoms. The van der Waals surface area contributed by atoms with Gasteiger partial charge in [-0.05, 0) is 38.0 Å². The van der Waals surface area contributed by atoms with Crippen molar-refractivity contribution < 1.29 is 32.9 Å². The first kappa shape index (κ1) is 27.1. The van der Waals surface area contributed by atoms with E-state index in [2.05, 4.69) is 15.0 Å². The van der Waals surface area contributed by atoms with Gasteiger partial charge in [0.1, 0.15) is 11.6 Å². The topological polar surface area (TPSA) is 140 Å². The Morgan fingerprint density at radius 1 is 1.09 bits per heavy atom. The maximum atomic E-state index is 13.1. The standard InChI is InChI=1S/C19H26Cl2N4O7P2/c1-10(26)30-14-12(6-7-34(5,29)9-33(3,4)28)32-18(15(14)31-11(2)27)25-8-22-13-16(20)23-19(21)24-17(13)25/h8,12,14-15,18H,6-7,9H2,1-5H3/t12-,14?,15+,18-,34?/m1/s1. The van der Waals surface area contributed by atoms with Crippen molar-refractivity contribution in [2.75, 3.05) is 32.1 Å². The molecule has 0 amide bonds. The Kier molecular flexibility index (Phi) is 8.15. The van der Waals surface area contributed by atoms with Crippen LogP contribution in [0.4, 0.5) is 0 Å². The van der Waals surface area contributed by atoms with Crippen LogP contribution < -0.4 is 0 Å². The number of rotatable bonds is 8. The van der Waals surface area contributed by atoms with Gasteiger partial charge in [-0.25, -0.2) is 9.97 Å². The van der Waals surface area contributed by atoms with Gasteiger partial charge < -0.3 is 23.3 Å². The summed E-state index contributed by atoms with van der Waals surface area (Å²) in [5.41, 5.74) is 0.483. The third-order valence-corrected chi connectivity index (χ3v) is 11.8. The highest BCUT2D eigenvalue weighted by atomic mass is 35.5. The summed E-state index contributed by atoms with van der Waals surface area (Å²) in [5, 5.41) is -0.0933. The zero-order valence-corrected chi connectivity index (χ0v) is 22.6. The summed E-state index contributed by atoms with van der Waals surface area (Å²) in [6.07, 6.45) is -2.03. The molecule has 1 fully saturated rings. The van der Waals surface area contributed by atoms with Crippen LogP contribution in [0.1, 0.15) is 26.5 Å². The van der Waals surface area contributed by atoms with Gasteiger partial charge in [0, 0.05) is 20.0 Å². The fraction of sp³-hybridized carbons (Fsp3) is 0.632. The number of hydrogen-bond donors (Lipinski definition) is 0. The first-order valence-electron chi connectivity index (χ1n) is 10.3. The summed E-state index contributed by atoms with van der Waals surface area (Å²) in [7, 11) is -5.29. The minimum absolute atomic E-state index is 0.0272. The summed E-state index contributed by atoms with van der Waals surface area (Å²) in [5.74, 6) is -1.11. The van der Waals surface area contributed by atoms with Crippen LogP contribution in [0.25, 0.3) is 11.2 Å². The van der Waals surface area contributed by atoms with E-state index in [0.717, 1.165) is 0 Å². The number of fused-ring (bicyclic) bond motifs is 1. The minimum Gasteiger partial charge on any atom is -0.456 e. The third-order valence-electron chi connectivity index (χ3n) is 5.04. The van der Waals surface area contributed by atoms with Crippen LogP contribution in [0.2, 0.25) is 10.4 Å². The first-order valence-corrected chi connectivity index (χ1v) is 16.4. The van der Waals surface area contributed by atoms with E-state index in [1.165, 1.54) is 24.7 Å². The van der Waals surface area contributed by atoms with Gasteiger partial charge in [-0.2, -0.15) is 4.98 Å². The predicted molar refractivity (Wildman–Crippen MR) is 128 cm³/mol. The molecule has 0 radical (unpaired) electrons. The number of ether oxygens (including phenoxy) is 3. The van der Waals surface area contributed by atoms with Crippen LogP contribution in [0.3, 0.4) is 0 Å². The van der Waals surface area contributed by atoms with Crippen molar-refractivity contribution >= 4 is 60.6 Å². The molecule has 2 aromatic rings. The smallest absolute Gasteiger partial charge is 0.303 e. The van der Waals surface area contributed by atoms with Gasteiger partial charge >= 0.3 is 11.9 Å². The lowest BCUT2D eigenvalue weighted by molar-refractivity contribution is -0.165. The maximum absolute atomic E-state index is 13.1. The highest BCUT2D eigenvalue weighted by Gasteiger charge is 2.50. The van der Waals surface area contributed by atoms with Crippen LogP contribution in [0.15, 0.2) is 6.33 Å². The van der Waals surface area contributed by atoms with Crippen molar-refractivity contribution in [1.29, 1.82) is 0 Å². The minimum atomic E-state index is -2.77.